The van der Waals surface area contributed by atoms with E-state index < -0.39 is 0 Å². The fraction of sp³-hybridized carbons (Fsp3) is 0.143. The second-order valence-corrected chi connectivity index (χ2v) is 2.80. The van der Waals surface area contributed by atoms with Crippen LogP contribution in [-0.4, -0.2) is 10.2 Å². The van der Waals surface area contributed by atoms with Crippen LogP contribution in [0, 0.1) is 0 Å². The summed E-state index contributed by atoms with van der Waals surface area (Å²) in [5.41, 5.74) is 0.782. The number of phenolic OH excluding ortho intramolecular Hbond substituents is 1. The maximum Gasteiger partial charge on any atom is 0.129 e. The SMILES string of the molecule is OCc1ccc(O)c(Br)c1.[Ir]. The average molecular weight is 395 g/mol. The molecule has 0 atom stereocenters. The molecule has 0 aliphatic carbocycles. The zero-order chi connectivity index (χ0) is 7.56. The molecule has 1 radical (unpaired) electrons. The van der Waals surface area contributed by atoms with Crippen molar-refractivity contribution in [3.8, 4) is 5.75 Å². The largest absolute Gasteiger partial charge is 0.507 e. The van der Waals surface area contributed by atoms with Gasteiger partial charge in [-0.05, 0) is 33.6 Å². The molecule has 11 heavy (non-hydrogen) atoms. The van der Waals surface area contributed by atoms with Crippen molar-refractivity contribution >= 4 is 15.9 Å². The van der Waals surface area contributed by atoms with Gasteiger partial charge in [0, 0.05) is 20.1 Å². The smallest absolute Gasteiger partial charge is 0.129 e. The molecular formula is C7H7BrIrO2. The van der Waals surface area contributed by atoms with Crippen molar-refractivity contribution < 1.29 is 30.3 Å². The zero-order valence-electron chi connectivity index (χ0n) is 5.54. The van der Waals surface area contributed by atoms with Crippen LogP contribution < -0.4 is 0 Å². The molecule has 0 aliphatic heterocycles. The number of phenols is 1. The summed E-state index contributed by atoms with van der Waals surface area (Å²) in [6, 6.07) is 4.88. The third kappa shape index (κ3) is 2.91. The predicted molar refractivity (Wildman–Crippen MR) is 41.7 cm³/mol. The molecule has 0 aromatic heterocycles. The molecule has 0 saturated carbocycles. The Labute approximate surface area is 86.7 Å². The fourth-order valence-electron chi connectivity index (χ4n) is 0.649. The topological polar surface area (TPSA) is 40.5 Å². The Bertz CT molecular complexity index is 240. The van der Waals surface area contributed by atoms with Crippen molar-refractivity contribution in [3.05, 3.63) is 28.2 Å². The molecule has 1 rings (SSSR count). The number of benzene rings is 1. The monoisotopic (exact) mass is 395 g/mol. The van der Waals surface area contributed by atoms with E-state index in [1.807, 2.05) is 0 Å². The van der Waals surface area contributed by atoms with Gasteiger partial charge in [0.05, 0.1) is 11.1 Å². The minimum absolute atomic E-state index is 0. The van der Waals surface area contributed by atoms with E-state index in [1.54, 1.807) is 12.1 Å². The van der Waals surface area contributed by atoms with Gasteiger partial charge in [-0.3, -0.25) is 0 Å². The van der Waals surface area contributed by atoms with E-state index in [2.05, 4.69) is 15.9 Å². The molecular weight excluding hydrogens is 388 g/mol. The Morgan fingerprint density at radius 2 is 2.00 bits per heavy atom. The number of aliphatic hydroxyl groups excluding tert-OH is 1. The minimum Gasteiger partial charge on any atom is -0.507 e. The third-order valence-corrected chi connectivity index (χ3v) is 1.83. The van der Waals surface area contributed by atoms with E-state index in [1.165, 1.54) is 6.07 Å². The third-order valence-electron chi connectivity index (χ3n) is 1.19. The second-order valence-electron chi connectivity index (χ2n) is 1.94. The molecule has 4 heteroatoms. The van der Waals surface area contributed by atoms with Crippen LogP contribution in [0.4, 0.5) is 0 Å². The summed E-state index contributed by atoms with van der Waals surface area (Å²) >= 11 is 3.13. The molecule has 0 spiro atoms. The molecule has 63 valence electrons. The molecule has 0 bridgehead atoms. The number of aromatic hydroxyl groups is 1. The normalized spacial score (nSPS) is 8.91. The molecule has 0 aliphatic rings. The Morgan fingerprint density at radius 3 is 2.45 bits per heavy atom. The molecule has 2 N–H and O–H groups in total. The van der Waals surface area contributed by atoms with Crippen LogP contribution >= 0.6 is 15.9 Å². The van der Waals surface area contributed by atoms with Gasteiger partial charge in [0.1, 0.15) is 5.75 Å². The quantitative estimate of drug-likeness (QED) is 0.760. The van der Waals surface area contributed by atoms with Crippen LogP contribution in [0.2, 0.25) is 0 Å². The van der Waals surface area contributed by atoms with Crippen molar-refractivity contribution in [2.45, 2.75) is 6.61 Å². The molecule has 0 amide bonds. The van der Waals surface area contributed by atoms with Gasteiger partial charge in [0.25, 0.3) is 0 Å². The van der Waals surface area contributed by atoms with Gasteiger partial charge in [-0.2, -0.15) is 0 Å². The first kappa shape index (κ1) is 11.1. The summed E-state index contributed by atoms with van der Waals surface area (Å²) in [6.07, 6.45) is 0. The summed E-state index contributed by atoms with van der Waals surface area (Å²) in [5.74, 6) is 0.192. The molecule has 2 nitrogen and oxygen atoms in total. The van der Waals surface area contributed by atoms with Crippen LogP contribution in [0.25, 0.3) is 0 Å². The van der Waals surface area contributed by atoms with Gasteiger partial charge in [-0.25, -0.2) is 0 Å². The Kier molecular flexibility index (Phi) is 4.93. The van der Waals surface area contributed by atoms with Gasteiger partial charge in [-0.15, -0.1) is 0 Å². The van der Waals surface area contributed by atoms with Gasteiger partial charge >= 0.3 is 0 Å². The zero-order valence-corrected chi connectivity index (χ0v) is 9.53. The Morgan fingerprint density at radius 1 is 1.36 bits per heavy atom. The summed E-state index contributed by atoms with van der Waals surface area (Å²) in [5, 5.41) is 17.7. The predicted octanol–water partition coefficient (Wildman–Crippen LogP) is 1.64. The maximum atomic E-state index is 9.01. The summed E-state index contributed by atoms with van der Waals surface area (Å²) in [7, 11) is 0. The van der Waals surface area contributed by atoms with Crippen molar-refractivity contribution in [2.75, 3.05) is 0 Å². The van der Waals surface area contributed by atoms with Crippen LogP contribution in [0.15, 0.2) is 22.7 Å². The van der Waals surface area contributed by atoms with Crippen molar-refractivity contribution in [1.29, 1.82) is 0 Å². The average Bonchev–Trinajstić information content (AvgIpc) is 1.95. The van der Waals surface area contributed by atoms with Gasteiger partial charge in [0.15, 0.2) is 0 Å². The van der Waals surface area contributed by atoms with E-state index >= 15 is 0 Å². The number of aliphatic hydroxyl groups is 1. The maximum absolute atomic E-state index is 9.01. The van der Waals surface area contributed by atoms with Gasteiger partial charge in [0.2, 0.25) is 0 Å². The van der Waals surface area contributed by atoms with Crippen molar-refractivity contribution in [1.82, 2.24) is 0 Å². The molecule has 0 heterocycles. The first-order valence-electron chi connectivity index (χ1n) is 2.82. The number of halogens is 1. The summed E-state index contributed by atoms with van der Waals surface area (Å²) in [4.78, 5) is 0. The summed E-state index contributed by atoms with van der Waals surface area (Å²) in [6.45, 7) is -0.00111. The van der Waals surface area contributed by atoms with E-state index in [4.69, 9.17) is 10.2 Å². The molecule has 1 aromatic carbocycles. The van der Waals surface area contributed by atoms with Crippen LogP contribution in [0.1, 0.15) is 5.56 Å². The number of hydrogen-bond donors (Lipinski definition) is 2. The molecule has 0 fully saturated rings. The van der Waals surface area contributed by atoms with Gasteiger partial charge < -0.3 is 10.2 Å². The molecule has 1 aromatic rings. The van der Waals surface area contributed by atoms with E-state index in [-0.39, 0.29) is 32.5 Å². The van der Waals surface area contributed by atoms with E-state index in [0.29, 0.717) is 4.47 Å². The van der Waals surface area contributed by atoms with E-state index in [0.717, 1.165) is 5.56 Å². The van der Waals surface area contributed by atoms with Crippen LogP contribution in [0.3, 0.4) is 0 Å². The Hall–Kier alpha value is 0.109. The van der Waals surface area contributed by atoms with Gasteiger partial charge in [-0.1, -0.05) is 6.07 Å². The number of rotatable bonds is 1. The van der Waals surface area contributed by atoms with Crippen LogP contribution in [0.5, 0.6) is 5.75 Å². The Balaban J connectivity index is 0.000001000. The van der Waals surface area contributed by atoms with Crippen molar-refractivity contribution in [2.24, 2.45) is 0 Å². The molecule has 0 saturated heterocycles. The van der Waals surface area contributed by atoms with Crippen LogP contribution in [-0.2, 0) is 26.7 Å². The first-order chi connectivity index (χ1) is 4.74. The standard InChI is InChI=1S/C7H7BrO2.Ir/c8-6-3-5(4-9)1-2-7(6)10;/h1-3,9-10H,4H2;. The first-order valence-corrected chi connectivity index (χ1v) is 3.61. The second kappa shape index (κ2) is 4.88. The summed E-state index contributed by atoms with van der Waals surface area (Å²) < 4.78 is 0.610. The molecule has 0 unspecified atom stereocenters. The fourth-order valence-corrected chi connectivity index (χ4v) is 1.07. The minimum atomic E-state index is -0.00111. The van der Waals surface area contributed by atoms with Crippen molar-refractivity contribution in [3.63, 3.8) is 0 Å². The van der Waals surface area contributed by atoms with E-state index in [9.17, 15) is 0 Å². The number of hydrogen-bond acceptors (Lipinski definition) is 2.